The fraction of sp³-hybridized carbons (Fsp3) is 0.500. The van der Waals surface area contributed by atoms with Gasteiger partial charge in [-0.15, -0.1) is 0 Å². The Hall–Kier alpha value is -1.53. The van der Waals surface area contributed by atoms with Crippen molar-refractivity contribution in [2.24, 2.45) is 11.1 Å². The lowest BCUT2D eigenvalue weighted by atomic mass is 9.92. The lowest BCUT2D eigenvalue weighted by Gasteiger charge is -2.16. The highest BCUT2D eigenvalue weighted by Gasteiger charge is 2.16. The number of rotatable bonds is 5. The van der Waals surface area contributed by atoms with Crippen molar-refractivity contribution >= 4 is 0 Å². The van der Waals surface area contributed by atoms with Crippen LogP contribution in [0.4, 0.5) is 0 Å². The van der Waals surface area contributed by atoms with E-state index in [1.54, 1.807) is 0 Å². The van der Waals surface area contributed by atoms with Crippen molar-refractivity contribution in [2.75, 3.05) is 6.61 Å². The Morgan fingerprint density at radius 2 is 2.18 bits per heavy atom. The molecule has 0 aromatic heterocycles. The van der Waals surface area contributed by atoms with Crippen molar-refractivity contribution in [3.05, 3.63) is 29.8 Å². The molecule has 0 aliphatic rings. The third kappa shape index (κ3) is 4.46. The van der Waals surface area contributed by atoms with E-state index >= 15 is 0 Å². The second-order valence-corrected chi connectivity index (χ2v) is 4.96. The summed E-state index contributed by atoms with van der Waals surface area (Å²) in [6.07, 6.45) is 0.714. The van der Waals surface area contributed by atoms with E-state index in [9.17, 15) is 0 Å². The van der Waals surface area contributed by atoms with Crippen LogP contribution >= 0.6 is 0 Å². The molecule has 1 atom stereocenters. The molecule has 1 rings (SSSR count). The predicted molar refractivity (Wildman–Crippen MR) is 68.6 cm³/mol. The van der Waals surface area contributed by atoms with Crippen LogP contribution in [0, 0.1) is 16.7 Å². The number of nitrogens with two attached hydrogens (primary N) is 1. The summed E-state index contributed by atoms with van der Waals surface area (Å²) in [4.78, 5) is 0. The molecule has 3 heteroatoms. The van der Waals surface area contributed by atoms with E-state index < -0.39 is 0 Å². The van der Waals surface area contributed by atoms with E-state index in [1.165, 1.54) is 0 Å². The number of nitriles is 1. The Kier molecular flexibility index (Phi) is 4.53. The zero-order valence-corrected chi connectivity index (χ0v) is 10.7. The topological polar surface area (TPSA) is 59.0 Å². The first-order valence-corrected chi connectivity index (χ1v) is 5.84. The molecule has 0 radical (unpaired) electrons. The maximum absolute atomic E-state index is 8.89. The van der Waals surface area contributed by atoms with Crippen molar-refractivity contribution in [1.82, 2.24) is 0 Å². The second-order valence-electron chi connectivity index (χ2n) is 4.96. The van der Waals surface area contributed by atoms with Crippen molar-refractivity contribution in [3.8, 4) is 11.8 Å². The van der Waals surface area contributed by atoms with Crippen molar-refractivity contribution in [3.63, 3.8) is 0 Å². The van der Waals surface area contributed by atoms with Gasteiger partial charge in [0.2, 0.25) is 0 Å². The molecule has 1 aromatic rings. The average molecular weight is 232 g/mol. The number of ether oxygens (including phenoxy) is 1. The molecule has 0 fully saturated rings. The minimum atomic E-state index is -0.335. The molecule has 1 aromatic carbocycles. The molecule has 92 valence electrons. The Balaban J connectivity index is 2.53. The summed E-state index contributed by atoms with van der Waals surface area (Å²) in [6.45, 7) is 6.31. The van der Waals surface area contributed by atoms with Gasteiger partial charge >= 0.3 is 0 Å². The zero-order chi connectivity index (χ0) is 12.9. The summed E-state index contributed by atoms with van der Waals surface area (Å²) in [5, 5.41) is 8.89. The zero-order valence-electron chi connectivity index (χ0n) is 10.7. The van der Waals surface area contributed by atoms with Crippen LogP contribution in [0.5, 0.6) is 5.75 Å². The van der Waals surface area contributed by atoms with E-state index in [0.29, 0.717) is 13.0 Å². The van der Waals surface area contributed by atoms with Gasteiger partial charge in [-0.1, -0.05) is 12.1 Å². The maximum Gasteiger partial charge on any atom is 0.119 e. The highest BCUT2D eigenvalue weighted by atomic mass is 16.5. The normalized spacial score (nSPS) is 12.9. The first kappa shape index (κ1) is 13.5. The van der Waals surface area contributed by atoms with E-state index in [4.69, 9.17) is 15.7 Å². The minimum absolute atomic E-state index is 0.00843. The van der Waals surface area contributed by atoms with Gasteiger partial charge in [-0.2, -0.15) is 5.26 Å². The molecule has 2 N–H and O–H groups in total. The largest absolute Gasteiger partial charge is 0.494 e. The summed E-state index contributed by atoms with van der Waals surface area (Å²) in [7, 11) is 0. The van der Waals surface area contributed by atoms with Gasteiger partial charge in [0.1, 0.15) is 5.75 Å². The summed E-state index contributed by atoms with van der Waals surface area (Å²) in [5.74, 6) is 0.813. The molecule has 0 spiro atoms. The first-order chi connectivity index (χ1) is 7.94. The van der Waals surface area contributed by atoms with E-state index in [0.717, 1.165) is 11.3 Å². The van der Waals surface area contributed by atoms with E-state index in [2.05, 4.69) is 6.07 Å². The van der Waals surface area contributed by atoms with Gasteiger partial charge < -0.3 is 10.5 Å². The molecule has 0 aliphatic carbocycles. The van der Waals surface area contributed by atoms with Crippen LogP contribution < -0.4 is 10.5 Å². The van der Waals surface area contributed by atoms with Gasteiger partial charge in [0.25, 0.3) is 0 Å². The lowest BCUT2D eigenvalue weighted by Crippen LogP contribution is -2.13. The SMILES string of the molecule is C[C@@H](N)c1cccc(OCCC(C)(C)C#N)c1. The smallest absolute Gasteiger partial charge is 0.119 e. The number of benzene rings is 1. The van der Waals surface area contributed by atoms with Crippen LogP contribution in [-0.2, 0) is 0 Å². The molecular formula is C14H20N2O. The van der Waals surface area contributed by atoms with Crippen LogP contribution in [0.15, 0.2) is 24.3 Å². The summed E-state index contributed by atoms with van der Waals surface area (Å²) in [5.41, 5.74) is 6.53. The summed E-state index contributed by atoms with van der Waals surface area (Å²) < 4.78 is 5.63. The maximum atomic E-state index is 8.89. The van der Waals surface area contributed by atoms with Crippen molar-refractivity contribution in [1.29, 1.82) is 5.26 Å². The van der Waals surface area contributed by atoms with Gasteiger partial charge in [0.15, 0.2) is 0 Å². The monoisotopic (exact) mass is 232 g/mol. The van der Waals surface area contributed by atoms with Crippen LogP contribution in [0.25, 0.3) is 0 Å². The number of hydrogen-bond acceptors (Lipinski definition) is 3. The summed E-state index contributed by atoms with van der Waals surface area (Å²) >= 11 is 0. The number of nitrogens with zero attached hydrogens (tertiary/aromatic N) is 1. The highest BCUT2D eigenvalue weighted by molar-refractivity contribution is 5.30. The van der Waals surface area contributed by atoms with Crippen LogP contribution in [0.3, 0.4) is 0 Å². The molecule has 0 unspecified atom stereocenters. The standard InChI is InChI=1S/C14H20N2O/c1-11(16)12-5-4-6-13(9-12)17-8-7-14(2,3)10-15/h4-6,9,11H,7-8,16H2,1-3H3/t11-/m1/s1. The fourth-order valence-corrected chi connectivity index (χ4v) is 1.37. The molecule has 0 saturated carbocycles. The molecule has 0 heterocycles. The molecule has 17 heavy (non-hydrogen) atoms. The van der Waals surface area contributed by atoms with Gasteiger partial charge in [0, 0.05) is 6.04 Å². The van der Waals surface area contributed by atoms with Crippen LogP contribution in [-0.4, -0.2) is 6.61 Å². The third-order valence-corrected chi connectivity index (χ3v) is 2.68. The second kappa shape index (κ2) is 5.70. The van der Waals surface area contributed by atoms with Crippen molar-refractivity contribution < 1.29 is 4.74 Å². The van der Waals surface area contributed by atoms with Crippen LogP contribution in [0.2, 0.25) is 0 Å². The number of hydrogen-bond donors (Lipinski definition) is 1. The average Bonchev–Trinajstić information content (AvgIpc) is 2.29. The quantitative estimate of drug-likeness (QED) is 0.848. The molecule has 0 amide bonds. The Morgan fingerprint density at radius 1 is 1.47 bits per heavy atom. The molecular weight excluding hydrogens is 212 g/mol. The van der Waals surface area contributed by atoms with Gasteiger partial charge in [-0.25, -0.2) is 0 Å². The van der Waals surface area contributed by atoms with Crippen molar-refractivity contribution in [2.45, 2.75) is 33.2 Å². The lowest BCUT2D eigenvalue weighted by molar-refractivity contribution is 0.264. The first-order valence-electron chi connectivity index (χ1n) is 5.84. The molecule has 0 aliphatic heterocycles. The van der Waals surface area contributed by atoms with E-state index in [1.807, 2.05) is 45.0 Å². The predicted octanol–water partition coefficient (Wildman–Crippen LogP) is 3.02. The molecule has 3 nitrogen and oxygen atoms in total. The van der Waals surface area contributed by atoms with E-state index in [-0.39, 0.29) is 11.5 Å². The minimum Gasteiger partial charge on any atom is -0.494 e. The fourth-order valence-electron chi connectivity index (χ4n) is 1.37. The Labute approximate surface area is 103 Å². The molecule has 0 bridgehead atoms. The van der Waals surface area contributed by atoms with Gasteiger partial charge in [-0.3, -0.25) is 0 Å². The van der Waals surface area contributed by atoms with Gasteiger partial charge in [0.05, 0.1) is 18.1 Å². The van der Waals surface area contributed by atoms with Crippen LogP contribution in [0.1, 0.15) is 38.8 Å². The molecule has 0 saturated heterocycles. The van der Waals surface area contributed by atoms with Gasteiger partial charge in [-0.05, 0) is 44.9 Å². The Bertz CT molecular complexity index is 405. The summed E-state index contributed by atoms with van der Waals surface area (Å²) in [6, 6.07) is 10.0. The Morgan fingerprint density at radius 3 is 2.76 bits per heavy atom. The third-order valence-electron chi connectivity index (χ3n) is 2.68. The highest BCUT2D eigenvalue weighted by Crippen LogP contribution is 2.21.